The molecule has 4 nitrogen and oxygen atoms in total. The Balaban J connectivity index is 1.60. The number of rotatable bonds is 3. The Labute approximate surface area is 165 Å². The molecule has 0 saturated heterocycles. The van der Waals surface area contributed by atoms with Gasteiger partial charge in [-0.05, 0) is 49.3 Å². The van der Waals surface area contributed by atoms with Crippen LogP contribution in [0.25, 0.3) is 11.0 Å². The van der Waals surface area contributed by atoms with Crippen molar-refractivity contribution in [1.29, 1.82) is 0 Å². The lowest BCUT2D eigenvalue weighted by Crippen LogP contribution is -2.53. The fourth-order valence-electron chi connectivity index (χ4n) is 5.48. The maximum absolute atomic E-state index is 12.5. The van der Waals surface area contributed by atoms with Gasteiger partial charge in [0.25, 0.3) is 0 Å². The molecular weight excluding hydrogens is 352 g/mol. The Kier molecular flexibility index (Phi) is 4.48. The number of ether oxygens (including phenoxy) is 1. The highest BCUT2D eigenvalue weighted by Crippen LogP contribution is 2.58. The van der Waals surface area contributed by atoms with E-state index in [1.807, 2.05) is 12.1 Å². The van der Waals surface area contributed by atoms with Crippen molar-refractivity contribution in [1.82, 2.24) is 0 Å². The van der Waals surface area contributed by atoms with Crippen LogP contribution in [0.4, 0.5) is 0 Å². The number of carbonyl (C=O) groups excluding carboxylic acids is 1. The number of fused-ring (bicyclic) bond motifs is 2. The summed E-state index contributed by atoms with van der Waals surface area (Å²) in [7, 11) is 0. The van der Waals surface area contributed by atoms with Crippen LogP contribution in [0.2, 0.25) is 0 Å². The van der Waals surface area contributed by atoms with E-state index in [0.29, 0.717) is 36.1 Å². The molecule has 2 aromatic rings. The van der Waals surface area contributed by atoms with Gasteiger partial charge in [-0.3, -0.25) is 4.79 Å². The molecule has 0 bridgehead atoms. The third-order valence-electron chi connectivity index (χ3n) is 7.31. The Morgan fingerprint density at radius 2 is 1.89 bits per heavy atom. The first-order valence-corrected chi connectivity index (χ1v) is 10.1. The van der Waals surface area contributed by atoms with E-state index in [2.05, 4.69) is 33.8 Å². The van der Waals surface area contributed by atoms with Crippen molar-refractivity contribution >= 4 is 16.8 Å². The smallest absolute Gasteiger partial charge is 0.336 e. The summed E-state index contributed by atoms with van der Waals surface area (Å²) >= 11 is 0. The van der Waals surface area contributed by atoms with Crippen molar-refractivity contribution in [2.45, 2.75) is 47.0 Å². The average molecular weight is 380 g/mol. The number of hydrogen-bond acceptors (Lipinski definition) is 4. The van der Waals surface area contributed by atoms with Crippen LogP contribution in [0.3, 0.4) is 0 Å². The zero-order valence-electron chi connectivity index (χ0n) is 17.1. The zero-order valence-corrected chi connectivity index (χ0v) is 17.1. The van der Waals surface area contributed by atoms with E-state index in [1.54, 1.807) is 12.1 Å². The molecule has 0 aliphatic heterocycles. The molecule has 1 aromatic heterocycles. The largest absolute Gasteiger partial charge is 0.493 e. The summed E-state index contributed by atoms with van der Waals surface area (Å²) in [5, 5.41) is 0.875. The van der Waals surface area contributed by atoms with E-state index in [9.17, 15) is 9.59 Å². The molecule has 0 radical (unpaired) electrons. The molecule has 2 aliphatic rings. The van der Waals surface area contributed by atoms with E-state index in [1.165, 1.54) is 11.6 Å². The standard InChI is InChI=1S/C24H28O4/c1-15-5-9-20-23(2,3)21(25)11-12-24(20,4)18(15)14-27-17-8-6-16-7-10-22(26)28-19(16)13-17/h5-8,10,13,18,20H,9,11-12,14H2,1-4H3. The molecule has 4 heteroatoms. The van der Waals surface area contributed by atoms with Gasteiger partial charge < -0.3 is 9.15 Å². The van der Waals surface area contributed by atoms with E-state index < -0.39 is 0 Å². The SMILES string of the molecule is CC1=CCC2C(C)(C)C(=O)CCC2(C)C1COc1ccc2ccc(=O)oc2c1. The molecule has 0 spiro atoms. The van der Waals surface area contributed by atoms with Crippen molar-refractivity contribution < 1.29 is 13.9 Å². The summed E-state index contributed by atoms with van der Waals surface area (Å²) in [6.07, 6.45) is 4.80. The van der Waals surface area contributed by atoms with Gasteiger partial charge in [-0.1, -0.05) is 32.4 Å². The summed E-state index contributed by atoms with van der Waals surface area (Å²) in [4.78, 5) is 24.0. The van der Waals surface area contributed by atoms with Gasteiger partial charge in [-0.2, -0.15) is 0 Å². The van der Waals surface area contributed by atoms with Crippen LogP contribution in [-0.2, 0) is 4.79 Å². The fourth-order valence-corrected chi connectivity index (χ4v) is 5.48. The zero-order chi connectivity index (χ0) is 20.1. The minimum atomic E-state index is -0.361. The van der Waals surface area contributed by atoms with Crippen LogP contribution >= 0.6 is 0 Å². The summed E-state index contributed by atoms with van der Waals surface area (Å²) in [5.41, 5.74) is 1.26. The van der Waals surface area contributed by atoms with Crippen LogP contribution < -0.4 is 10.4 Å². The highest BCUT2D eigenvalue weighted by molar-refractivity contribution is 5.85. The maximum Gasteiger partial charge on any atom is 0.336 e. The summed E-state index contributed by atoms with van der Waals surface area (Å²) in [6, 6.07) is 8.78. The second-order valence-corrected chi connectivity index (χ2v) is 9.20. The molecule has 148 valence electrons. The molecular formula is C24H28O4. The lowest BCUT2D eigenvalue weighted by atomic mass is 9.48. The van der Waals surface area contributed by atoms with Gasteiger partial charge in [0.1, 0.15) is 17.1 Å². The quantitative estimate of drug-likeness (QED) is 0.546. The highest BCUT2D eigenvalue weighted by Gasteiger charge is 2.55. The molecule has 1 aromatic carbocycles. The summed E-state index contributed by atoms with van der Waals surface area (Å²) in [6.45, 7) is 9.28. The summed E-state index contributed by atoms with van der Waals surface area (Å²) < 4.78 is 11.5. The van der Waals surface area contributed by atoms with Crippen LogP contribution in [0.1, 0.15) is 47.0 Å². The predicted molar refractivity (Wildman–Crippen MR) is 109 cm³/mol. The monoisotopic (exact) mass is 380 g/mol. The van der Waals surface area contributed by atoms with Gasteiger partial charge in [-0.15, -0.1) is 0 Å². The third kappa shape index (κ3) is 2.99. The molecule has 2 aliphatic carbocycles. The van der Waals surface area contributed by atoms with Crippen LogP contribution in [-0.4, -0.2) is 12.4 Å². The number of carbonyl (C=O) groups is 1. The van der Waals surface area contributed by atoms with Gasteiger partial charge in [0, 0.05) is 35.3 Å². The second-order valence-electron chi connectivity index (χ2n) is 9.20. The first-order chi connectivity index (χ1) is 13.2. The second kappa shape index (κ2) is 6.61. The molecule has 4 rings (SSSR count). The van der Waals surface area contributed by atoms with Crippen LogP contribution in [0.5, 0.6) is 5.75 Å². The Hall–Kier alpha value is -2.36. The third-order valence-corrected chi connectivity index (χ3v) is 7.31. The topological polar surface area (TPSA) is 56.5 Å². The molecule has 1 fully saturated rings. The number of benzene rings is 1. The Morgan fingerprint density at radius 3 is 2.68 bits per heavy atom. The molecule has 1 heterocycles. The van der Waals surface area contributed by atoms with Gasteiger partial charge in [0.15, 0.2) is 0 Å². The molecule has 3 atom stereocenters. The van der Waals surface area contributed by atoms with Gasteiger partial charge in [-0.25, -0.2) is 4.79 Å². The van der Waals surface area contributed by atoms with Gasteiger partial charge >= 0.3 is 5.63 Å². The van der Waals surface area contributed by atoms with Crippen molar-refractivity contribution in [3.8, 4) is 5.75 Å². The van der Waals surface area contributed by atoms with Gasteiger partial charge in [0.2, 0.25) is 0 Å². The lowest BCUT2D eigenvalue weighted by molar-refractivity contribution is -0.143. The number of ketones is 1. The van der Waals surface area contributed by atoms with Crippen molar-refractivity contribution in [3.63, 3.8) is 0 Å². The van der Waals surface area contributed by atoms with Crippen molar-refractivity contribution in [2.24, 2.45) is 22.7 Å². The number of hydrogen-bond donors (Lipinski definition) is 0. The van der Waals surface area contributed by atoms with E-state index in [4.69, 9.17) is 9.15 Å². The predicted octanol–water partition coefficient (Wildman–Crippen LogP) is 5.15. The fraction of sp³-hybridized carbons (Fsp3) is 0.500. The normalized spacial score (nSPS) is 29.3. The molecule has 0 N–H and O–H groups in total. The van der Waals surface area contributed by atoms with E-state index >= 15 is 0 Å². The maximum atomic E-state index is 12.5. The minimum Gasteiger partial charge on any atom is -0.493 e. The first-order valence-electron chi connectivity index (χ1n) is 10.1. The minimum absolute atomic E-state index is 0.0413. The molecule has 0 amide bonds. The van der Waals surface area contributed by atoms with Crippen LogP contribution in [0.15, 0.2) is 51.2 Å². The number of allylic oxidation sites excluding steroid dienone is 1. The first kappa shape index (κ1) is 19.0. The average Bonchev–Trinajstić information content (AvgIpc) is 2.64. The van der Waals surface area contributed by atoms with E-state index in [-0.39, 0.29) is 22.4 Å². The Bertz CT molecular complexity index is 1010. The van der Waals surface area contributed by atoms with Crippen LogP contribution in [0, 0.1) is 22.7 Å². The molecule has 28 heavy (non-hydrogen) atoms. The van der Waals surface area contributed by atoms with Crippen molar-refractivity contribution in [3.05, 3.63) is 52.4 Å². The lowest BCUT2D eigenvalue weighted by Gasteiger charge is -2.55. The van der Waals surface area contributed by atoms with Crippen molar-refractivity contribution in [2.75, 3.05) is 6.61 Å². The number of Topliss-reactive ketones (excluding diaryl/α,β-unsaturated/α-hetero) is 1. The molecule has 1 saturated carbocycles. The van der Waals surface area contributed by atoms with Gasteiger partial charge in [0.05, 0.1) is 6.61 Å². The summed E-state index contributed by atoms with van der Waals surface area (Å²) in [5.74, 6) is 1.67. The Morgan fingerprint density at radius 1 is 1.14 bits per heavy atom. The molecule has 3 unspecified atom stereocenters. The highest BCUT2D eigenvalue weighted by atomic mass is 16.5. The van der Waals surface area contributed by atoms with E-state index in [0.717, 1.165) is 18.2 Å².